The normalized spacial score (nSPS) is 16.8. The molecule has 31 heavy (non-hydrogen) atoms. The molecule has 1 aliphatic heterocycles. The predicted octanol–water partition coefficient (Wildman–Crippen LogP) is 3.81. The molecule has 1 atom stereocenters. The van der Waals surface area contributed by atoms with E-state index >= 15 is 0 Å². The van der Waals surface area contributed by atoms with E-state index in [-0.39, 0.29) is 5.56 Å². The van der Waals surface area contributed by atoms with Crippen LogP contribution >= 0.6 is 23.5 Å². The van der Waals surface area contributed by atoms with Gasteiger partial charge in [-0.05, 0) is 37.9 Å². The first kappa shape index (κ1) is 25.2. The van der Waals surface area contributed by atoms with E-state index in [0.717, 1.165) is 30.4 Å². The number of pyridine rings is 1. The van der Waals surface area contributed by atoms with Gasteiger partial charge < -0.3 is 15.7 Å². The summed E-state index contributed by atoms with van der Waals surface area (Å²) in [6, 6.07) is 3.64. The third-order valence-electron chi connectivity index (χ3n) is 4.27. The van der Waals surface area contributed by atoms with Crippen molar-refractivity contribution in [2.45, 2.75) is 30.5 Å². The Balaban J connectivity index is 0.000000785. The van der Waals surface area contributed by atoms with Crippen molar-refractivity contribution in [2.75, 3.05) is 36.8 Å². The van der Waals surface area contributed by atoms with Gasteiger partial charge in [-0.3, -0.25) is 0 Å². The zero-order valence-corrected chi connectivity index (χ0v) is 18.7. The molecule has 0 spiro atoms. The highest BCUT2D eigenvalue weighted by molar-refractivity contribution is 7.97. The number of nitrogen functional groups attached to an aromatic ring is 1. The fourth-order valence-electron chi connectivity index (χ4n) is 2.47. The van der Waals surface area contributed by atoms with Crippen molar-refractivity contribution in [3.63, 3.8) is 0 Å². The van der Waals surface area contributed by atoms with Crippen LogP contribution in [-0.2, 0) is 5.60 Å². The second kappa shape index (κ2) is 10.5. The Labute approximate surface area is 188 Å². The number of piperazine rings is 1. The van der Waals surface area contributed by atoms with E-state index in [2.05, 4.69) is 25.8 Å². The van der Waals surface area contributed by atoms with Gasteiger partial charge in [-0.2, -0.15) is 13.2 Å². The summed E-state index contributed by atoms with van der Waals surface area (Å²) >= 11 is 6.65. The predicted molar refractivity (Wildman–Crippen MR) is 117 cm³/mol. The number of hydrogen-bond donors (Lipinski definition) is 2. The van der Waals surface area contributed by atoms with E-state index in [1.54, 1.807) is 31.1 Å². The molecule has 7 nitrogen and oxygen atoms in total. The van der Waals surface area contributed by atoms with Crippen LogP contribution < -0.4 is 10.6 Å². The van der Waals surface area contributed by atoms with Crippen LogP contribution in [-0.4, -0.2) is 56.7 Å². The van der Waals surface area contributed by atoms with Gasteiger partial charge in [0.25, 0.3) is 0 Å². The van der Waals surface area contributed by atoms with Gasteiger partial charge in [-0.15, -0.1) is 0 Å². The van der Waals surface area contributed by atoms with E-state index in [1.807, 2.05) is 11.0 Å². The molecule has 1 fully saturated rings. The van der Waals surface area contributed by atoms with Gasteiger partial charge in [-0.25, -0.2) is 19.3 Å². The third kappa shape index (κ3) is 7.23. The molecule has 0 amide bonds. The second-order valence-corrected chi connectivity index (χ2v) is 8.76. The number of nitrogens with zero attached hydrogens (tertiary/aromatic N) is 5. The number of halogens is 4. The summed E-state index contributed by atoms with van der Waals surface area (Å²) in [6.45, 7) is 8.45. The molecule has 2 aromatic heterocycles. The van der Waals surface area contributed by atoms with Crippen LogP contribution in [0.2, 0.25) is 0 Å². The van der Waals surface area contributed by atoms with Gasteiger partial charge in [0.2, 0.25) is 5.95 Å². The molecule has 170 valence electrons. The Hall–Kier alpha value is -2.08. The van der Waals surface area contributed by atoms with Crippen molar-refractivity contribution in [2.24, 2.45) is 0 Å². The van der Waals surface area contributed by atoms with Gasteiger partial charge >= 0.3 is 6.18 Å². The summed E-state index contributed by atoms with van der Waals surface area (Å²) in [7, 11) is 0. The Bertz CT molecular complexity index is 852. The maximum Gasteiger partial charge on any atom is 0.421 e. The summed E-state index contributed by atoms with van der Waals surface area (Å²) in [6.07, 6.45) is -1.04. The number of hydrogen-bond acceptors (Lipinski definition) is 8. The highest BCUT2D eigenvalue weighted by atomic mass is 35.5. The first-order valence-electron chi connectivity index (χ1n) is 9.22. The van der Waals surface area contributed by atoms with Crippen molar-refractivity contribution >= 4 is 35.3 Å². The molecule has 12 heteroatoms. The lowest BCUT2D eigenvalue weighted by molar-refractivity contribution is -0.259. The molecule has 3 heterocycles. The smallest absolute Gasteiger partial charge is 0.384 e. The van der Waals surface area contributed by atoms with Gasteiger partial charge in [-0.1, -0.05) is 18.2 Å². The lowest BCUT2D eigenvalue weighted by Crippen LogP contribution is -2.44. The number of aliphatic hydroxyl groups is 1. The fourth-order valence-corrected chi connectivity index (χ4v) is 3.35. The quantitative estimate of drug-likeness (QED) is 0.644. The zero-order chi connectivity index (χ0) is 23.2. The number of rotatable bonds is 4. The molecule has 3 N–H and O–H groups in total. The topological polar surface area (TPSA) is 91.4 Å². The highest BCUT2D eigenvalue weighted by Crippen LogP contribution is 2.38. The molecule has 0 aliphatic carbocycles. The number of aromatic nitrogens is 3. The van der Waals surface area contributed by atoms with Crippen LogP contribution in [0.4, 0.5) is 24.9 Å². The van der Waals surface area contributed by atoms with Gasteiger partial charge in [0.1, 0.15) is 5.82 Å². The molecule has 2 aromatic rings. The molecular formula is C19H24ClF3N6OS. The minimum absolute atomic E-state index is 0.343. The molecule has 1 saturated heterocycles. The first-order chi connectivity index (χ1) is 14.4. The third-order valence-corrected chi connectivity index (χ3v) is 5.34. The SMILES string of the molecule is C=C(C)Cl.CC(O)(c1cnc(N2CCN(Sc3ccc(N)nc3)CC2)nc1)C(F)(F)F. The Morgan fingerprint density at radius 3 is 2.13 bits per heavy atom. The second-order valence-electron chi connectivity index (χ2n) is 6.94. The average Bonchev–Trinajstić information content (AvgIpc) is 2.69. The molecule has 0 aromatic carbocycles. The summed E-state index contributed by atoms with van der Waals surface area (Å²) in [5.41, 5.74) is 2.21. The number of alkyl halides is 3. The van der Waals surface area contributed by atoms with Crippen molar-refractivity contribution in [1.29, 1.82) is 0 Å². The Morgan fingerprint density at radius 2 is 1.68 bits per heavy atom. The van der Waals surface area contributed by atoms with E-state index in [0.29, 0.717) is 36.8 Å². The first-order valence-corrected chi connectivity index (χ1v) is 10.4. The monoisotopic (exact) mass is 476 g/mol. The highest BCUT2D eigenvalue weighted by Gasteiger charge is 2.51. The number of nitrogens with two attached hydrogens (primary N) is 1. The van der Waals surface area contributed by atoms with Crippen LogP contribution in [0.3, 0.4) is 0 Å². The van der Waals surface area contributed by atoms with E-state index in [1.165, 1.54) is 0 Å². The molecule has 0 radical (unpaired) electrons. The summed E-state index contributed by atoms with van der Waals surface area (Å²) < 4.78 is 40.8. The van der Waals surface area contributed by atoms with Gasteiger partial charge in [0.05, 0.1) is 0 Å². The van der Waals surface area contributed by atoms with Crippen LogP contribution in [0.5, 0.6) is 0 Å². The lowest BCUT2D eigenvalue weighted by Gasteiger charge is -2.34. The Kier molecular flexibility index (Phi) is 8.52. The van der Waals surface area contributed by atoms with Gasteiger partial charge in [0.15, 0.2) is 5.60 Å². The van der Waals surface area contributed by atoms with E-state index < -0.39 is 11.8 Å². The standard InChI is InChI=1S/C16H19F3N6OS.C3H5Cl/c1-15(26,16(17,18)19)11-8-22-14(23-9-11)24-4-6-25(7-5-24)27-12-2-3-13(20)21-10-12;1-3(2)4/h2-3,8-10,26H,4-7H2,1H3,(H2,20,21);1H2,2H3. The lowest BCUT2D eigenvalue weighted by atomic mass is 9.99. The fraction of sp³-hybridized carbons (Fsp3) is 0.421. The maximum atomic E-state index is 12.9. The molecule has 0 saturated carbocycles. The van der Waals surface area contributed by atoms with Crippen molar-refractivity contribution < 1.29 is 18.3 Å². The largest absolute Gasteiger partial charge is 0.421 e. The maximum absolute atomic E-state index is 12.9. The summed E-state index contributed by atoms with van der Waals surface area (Å²) in [5.74, 6) is 0.810. The van der Waals surface area contributed by atoms with Crippen LogP contribution in [0.15, 0.2) is 47.2 Å². The van der Waals surface area contributed by atoms with Crippen molar-refractivity contribution in [1.82, 2.24) is 19.3 Å². The van der Waals surface area contributed by atoms with Crippen LogP contribution in [0.1, 0.15) is 19.4 Å². The Morgan fingerprint density at radius 1 is 1.13 bits per heavy atom. The van der Waals surface area contributed by atoms with E-state index in [9.17, 15) is 18.3 Å². The van der Waals surface area contributed by atoms with Crippen LogP contribution in [0, 0.1) is 0 Å². The van der Waals surface area contributed by atoms with Crippen molar-refractivity contribution in [3.8, 4) is 0 Å². The summed E-state index contributed by atoms with van der Waals surface area (Å²) in [5, 5.41) is 10.3. The molecular weight excluding hydrogens is 453 g/mol. The van der Waals surface area contributed by atoms with Crippen molar-refractivity contribution in [3.05, 3.63) is 47.9 Å². The minimum Gasteiger partial charge on any atom is -0.384 e. The van der Waals surface area contributed by atoms with Gasteiger partial charge in [0, 0.05) is 60.3 Å². The summed E-state index contributed by atoms with van der Waals surface area (Å²) in [4.78, 5) is 14.9. The molecule has 0 bridgehead atoms. The minimum atomic E-state index is -4.79. The van der Waals surface area contributed by atoms with Crippen LogP contribution in [0.25, 0.3) is 0 Å². The average molecular weight is 477 g/mol. The number of anilines is 2. The molecule has 3 rings (SSSR count). The molecule has 1 aliphatic rings. The zero-order valence-electron chi connectivity index (χ0n) is 17.1. The van der Waals surface area contributed by atoms with E-state index in [4.69, 9.17) is 17.3 Å². The molecule has 1 unspecified atom stereocenters. The number of allylic oxidation sites excluding steroid dienone is 1.